The molecule has 0 spiro atoms. The molecule has 0 bridgehead atoms. The van der Waals surface area contributed by atoms with Crippen LogP contribution < -0.4 is 0 Å². The van der Waals surface area contributed by atoms with Gasteiger partial charge in [0.1, 0.15) is 11.2 Å². The SMILES string of the molecule is CC(C)(C)OC(=O)CC(CCO)CC(=O)OC(C)(C)C. The van der Waals surface area contributed by atoms with Crippen LogP contribution in [-0.2, 0) is 19.1 Å². The van der Waals surface area contributed by atoms with Crippen molar-refractivity contribution >= 4 is 11.9 Å². The maximum atomic E-state index is 11.8. The van der Waals surface area contributed by atoms with Gasteiger partial charge in [0.05, 0.1) is 0 Å². The Morgan fingerprint density at radius 2 is 1.25 bits per heavy atom. The van der Waals surface area contributed by atoms with Crippen molar-refractivity contribution in [2.24, 2.45) is 5.92 Å². The van der Waals surface area contributed by atoms with Crippen molar-refractivity contribution in [3.8, 4) is 0 Å². The van der Waals surface area contributed by atoms with Gasteiger partial charge in [-0.3, -0.25) is 9.59 Å². The Morgan fingerprint density at radius 3 is 1.50 bits per heavy atom. The molecule has 0 saturated carbocycles. The van der Waals surface area contributed by atoms with E-state index < -0.39 is 11.2 Å². The number of carbonyl (C=O) groups excluding carboxylic acids is 2. The summed E-state index contributed by atoms with van der Waals surface area (Å²) in [5, 5.41) is 9.02. The van der Waals surface area contributed by atoms with Crippen LogP contribution in [0.15, 0.2) is 0 Å². The topological polar surface area (TPSA) is 72.8 Å². The lowest BCUT2D eigenvalue weighted by molar-refractivity contribution is -0.158. The molecule has 5 nitrogen and oxygen atoms in total. The van der Waals surface area contributed by atoms with Crippen molar-refractivity contribution in [2.75, 3.05) is 6.61 Å². The normalized spacial score (nSPS) is 12.4. The lowest BCUT2D eigenvalue weighted by atomic mass is 9.97. The van der Waals surface area contributed by atoms with Crippen molar-refractivity contribution in [1.29, 1.82) is 0 Å². The van der Waals surface area contributed by atoms with Crippen molar-refractivity contribution in [2.45, 2.75) is 72.0 Å². The fourth-order valence-corrected chi connectivity index (χ4v) is 1.70. The van der Waals surface area contributed by atoms with E-state index in [1.165, 1.54) is 0 Å². The molecule has 0 aliphatic rings. The van der Waals surface area contributed by atoms with Gasteiger partial charge < -0.3 is 14.6 Å². The lowest BCUT2D eigenvalue weighted by Crippen LogP contribution is -2.28. The number of aliphatic hydroxyl groups is 1. The van der Waals surface area contributed by atoms with Gasteiger partial charge in [-0.15, -0.1) is 0 Å². The van der Waals surface area contributed by atoms with Crippen molar-refractivity contribution in [3.63, 3.8) is 0 Å². The Labute approximate surface area is 121 Å². The Morgan fingerprint density at radius 1 is 0.900 bits per heavy atom. The van der Waals surface area contributed by atoms with Crippen LogP contribution in [0.4, 0.5) is 0 Å². The first-order valence-corrected chi connectivity index (χ1v) is 6.97. The monoisotopic (exact) mass is 288 g/mol. The van der Waals surface area contributed by atoms with Gasteiger partial charge in [-0.25, -0.2) is 0 Å². The summed E-state index contributed by atoms with van der Waals surface area (Å²) in [7, 11) is 0. The first-order chi connectivity index (χ1) is 8.93. The van der Waals surface area contributed by atoms with Gasteiger partial charge >= 0.3 is 11.9 Å². The van der Waals surface area contributed by atoms with Gasteiger partial charge in [0.15, 0.2) is 0 Å². The van der Waals surface area contributed by atoms with Gasteiger partial charge in [0.25, 0.3) is 0 Å². The standard InChI is InChI=1S/C15H28O5/c1-14(2,3)19-12(17)9-11(7-8-16)10-13(18)20-15(4,5)6/h11,16H,7-10H2,1-6H3. The van der Waals surface area contributed by atoms with E-state index in [-0.39, 0.29) is 37.3 Å². The summed E-state index contributed by atoms with van der Waals surface area (Å²) in [5.41, 5.74) is -1.10. The highest BCUT2D eigenvalue weighted by Gasteiger charge is 2.24. The molecule has 0 unspecified atom stereocenters. The number of carbonyl (C=O) groups is 2. The zero-order chi connectivity index (χ0) is 16.0. The van der Waals surface area contributed by atoms with Crippen LogP contribution in [0, 0.1) is 5.92 Å². The van der Waals surface area contributed by atoms with E-state index in [2.05, 4.69) is 0 Å². The van der Waals surface area contributed by atoms with Crippen LogP contribution in [0.5, 0.6) is 0 Å². The molecule has 0 atom stereocenters. The molecule has 20 heavy (non-hydrogen) atoms. The van der Waals surface area contributed by atoms with E-state index in [0.717, 1.165) is 0 Å². The molecule has 0 aliphatic heterocycles. The molecule has 1 N–H and O–H groups in total. The second-order valence-corrected chi connectivity index (χ2v) is 6.96. The number of rotatable bonds is 6. The highest BCUT2D eigenvalue weighted by atomic mass is 16.6. The maximum absolute atomic E-state index is 11.8. The predicted molar refractivity (Wildman–Crippen MR) is 76.1 cm³/mol. The molecule has 118 valence electrons. The highest BCUT2D eigenvalue weighted by molar-refractivity contribution is 5.73. The van der Waals surface area contributed by atoms with Gasteiger partial charge in [-0.1, -0.05) is 0 Å². The van der Waals surface area contributed by atoms with Crippen LogP contribution in [-0.4, -0.2) is 34.9 Å². The second-order valence-electron chi connectivity index (χ2n) is 6.96. The summed E-state index contributed by atoms with van der Waals surface area (Å²) < 4.78 is 10.4. The summed E-state index contributed by atoms with van der Waals surface area (Å²) >= 11 is 0. The third kappa shape index (κ3) is 10.8. The Hall–Kier alpha value is -1.10. The largest absolute Gasteiger partial charge is 0.460 e. The molecule has 0 saturated heterocycles. The minimum Gasteiger partial charge on any atom is -0.460 e. The minimum absolute atomic E-state index is 0.0732. The Kier molecular flexibility index (Phi) is 7.20. The zero-order valence-electron chi connectivity index (χ0n) is 13.5. The fraction of sp³-hybridized carbons (Fsp3) is 0.867. The molecule has 0 heterocycles. The van der Waals surface area contributed by atoms with E-state index in [4.69, 9.17) is 14.6 Å². The lowest BCUT2D eigenvalue weighted by Gasteiger charge is -2.23. The summed E-state index contributed by atoms with van der Waals surface area (Å²) in [4.78, 5) is 23.5. The third-order valence-electron chi connectivity index (χ3n) is 2.29. The molecular weight excluding hydrogens is 260 g/mol. The van der Waals surface area contributed by atoms with E-state index in [1.807, 2.05) is 0 Å². The molecule has 0 amide bonds. The van der Waals surface area contributed by atoms with Gasteiger partial charge in [-0.05, 0) is 53.9 Å². The quantitative estimate of drug-likeness (QED) is 0.760. The summed E-state index contributed by atoms with van der Waals surface area (Å²) in [6.07, 6.45) is 0.590. The highest BCUT2D eigenvalue weighted by Crippen LogP contribution is 2.19. The molecule has 0 fully saturated rings. The molecule has 5 heteroatoms. The number of aliphatic hydroxyl groups excluding tert-OH is 1. The van der Waals surface area contributed by atoms with E-state index in [1.54, 1.807) is 41.5 Å². The minimum atomic E-state index is -0.549. The molecule has 0 aromatic heterocycles. The predicted octanol–water partition coefficient (Wildman–Crippen LogP) is 2.45. The fourth-order valence-electron chi connectivity index (χ4n) is 1.70. The van der Waals surface area contributed by atoms with Crippen LogP contribution in [0.25, 0.3) is 0 Å². The summed E-state index contributed by atoms with van der Waals surface area (Å²) in [6, 6.07) is 0. The van der Waals surface area contributed by atoms with Gasteiger partial charge in [0.2, 0.25) is 0 Å². The first-order valence-electron chi connectivity index (χ1n) is 6.97. The van der Waals surface area contributed by atoms with E-state index in [0.29, 0.717) is 6.42 Å². The second kappa shape index (κ2) is 7.62. The third-order valence-corrected chi connectivity index (χ3v) is 2.29. The summed E-state index contributed by atoms with van der Waals surface area (Å²) in [6.45, 7) is 10.7. The van der Waals surface area contributed by atoms with E-state index in [9.17, 15) is 9.59 Å². The number of esters is 2. The van der Waals surface area contributed by atoms with Crippen LogP contribution in [0.2, 0.25) is 0 Å². The van der Waals surface area contributed by atoms with Crippen molar-refractivity contribution in [3.05, 3.63) is 0 Å². The summed E-state index contributed by atoms with van der Waals surface area (Å²) in [5.74, 6) is -0.983. The van der Waals surface area contributed by atoms with Gasteiger partial charge in [0, 0.05) is 19.4 Å². The molecule has 0 aliphatic carbocycles. The Balaban J connectivity index is 4.43. The molecular formula is C15H28O5. The van der Waals surface area contributed by atoms with Crippen molar-refractivity contribution in [1.82, 2.24) is 0 Å². The van der Waals surface area contributed by atoms with Crippen molar-refractivity contribution < 1.29 is 24.2 Å². The molecule has 0 aromatic carbocycles. The average molecular weight is 288 g/mol. The Bertz CT molecular complexity index is 292. The molecule has 0 radical (unpaired) electrons. The number of ether oxygens (including phenoxy) is 2. The number of hydrogen-bond acceptors (Lipinski definition) is 5. The van der Waals surface area contributed by atoms with E-state index >= 15 is 0 Å². The van der Waals surface area contributed by atoms with Crippen LogP contribution in [0.1, 0.15) is 60.8 Å². The zero-order valence-corrected chi connectivity index (χ0v) is 13.5. The smallest absolute Gasteiger partial charge is 0.306 e. The first kappa shape index (κ1) is 18.9. The van der Waals surface area contributed by atoms with Crippen LogP contribution >= 0.6 is 0 Å². The van der Waals surface area contributed by atoms with Gasteiger partial charge in [-0.2, -0.15) is 0 Å². The maximum Gasteiger partial charge on any atom is 0.306 e. The van der Waals surface area contributed by atoms with Crippen LogP contribution in [0.3, 0.4) is 0 Å². The molecule has 0 aromatic rings. The number of hydrogen-bond donors (Lipinski definition) is 1. The molecule has 0 rings (SSSR count). The average Bonchev–Trinajstić information content (AvgIpc) is 2.10.